The van der Waals surface area contributed by atoms with Crippen molar-refractivity contribution in [2.45, 2.75) is 27.2 Å². The van der Waals surface area contributed by atoms with Gasteiger partial charge < -0.3 is 10.2 Å². The summed E-state index contributed by atoms with van der Waals surface area (Å²) in [5.41, 5.74) is 4.91. The minimum Gasteiger partial charge on any atom is -0.325 e. The molecule has 1 aliphatic heterocycles. The summed E-state index contributed by atoms with van der Waals surface area (Å²) >= 11 is 0. The van der Waals surface area contributed by atoms with Crippen molar-refractivity contribution >= 4 is 23.2 Å². The van der Waals surface area contributed by atoms with Crippen molar-refractivity contribution in [3.8, 4) is 0 Å². The van der Waals surface area contributed by atoms with Crippen LogP contribution >= 0.6 is 0 Å². The Labute approximate surface area is 142 Å². The van der Waals surface area contributed by atoms with Crippen molar-refractivity contribution in [2.24, 2.45) is 5.92 Å². The fourth-order valence-corrected chi connectivity index (χ4v) is 3.24. The normalized spacial score (nSPS) is 17.2. The van der Waals surface area contributed by atoms with Crippen LogP contribution in [0.1, 0.15) is 23.1 Å². The molecular weight excluding hydrogens is 300 g/mol. The van der Waals surface area contributed by atoms with Gasteiger partial charge in [-0.3, -0.25) is 9.59 Å². The molecular formula is C20H22N2O2. The molecule has 24 heavy (non-hydrogen) atoms. The number of anilines is 2. The number of nitrogens with one attached hydrogen (secondary N) is 1. The van der Waals surface area contributed by atoms with E-state index in [1.165, 1.54) is 0 Å². The number of carbonyl (C=O) groups excluding carboxylic acids is 2. The highest BCUT2D eigenvalue weighted by atomic mass is 16.2. The summed E-state index contributed by atoms with van der Waals surface area (Å²) < 4.78 is 0. The Morgan fingerprint density at radius 1 is 1.04 bits per heavy atom. The molecule has 4 heteroatoms. The van der Waals surface area contributed by atoms with Gasteiger partial charge in [0.25, 0.3) is 0 Å². The Bertz CT molecular complexity index is 760. The fourth-order valence-electron chi connectivity index (χ4n) is 3.24. The first-order valence-corrected chi connectivity index (χ1v) is 8.22. The molecule has 1 N–H and O–H groups in total. The molecule has 2 aromatic rings. The van der Waals surface area contributed by atoms with Gasteiger partial charge in [0.05, 0.1) is 0 Å². The van der Waals surface area contributed by atoms with Gasteiger partial charge in [-0.1, -0.05) is 35.9 Å². The first kappa shape index (κ1) is 16.2. The fraction of sp³-hybridized carbons (Fsp3) is 0.300. The molecule has 1 fully saturated rings. The summed E-state index contributed by atoms with van der Waals surface area (Å²) in [6.45, 7) is 6.57. The van der Waals surface area contributed by atoms with Crippen molar-refractivity contribution in [1.82, 2.24) is 0 Å². The minimum absolute atomic E-state index is 0.114. The lowest BCUT2D eigenvalue weighted by Crippen LogP contribution is -2.33. The van der Waals surface area contributed by atoms with Crippen molar-refractivity contribution in [3.05, 3.63) is 59.2 Å². The Hall–Kier alpha value is -2.62. The van der Waals surface area contributed by atoms with E-state index in [2.05, 4.69) is 5.32 Å². The first-order valence-electron chi connectivity index (χ1n) is 8.22. The minimum atomic E-state index is -0.620. The zero-order chi connectivity index (χ0) is 17.3. The number of aryl methyl sites for hydroxylation is 3. The molecule has 0 saturated carbocycles. The third-order valence-corrected chi connectivity index (χ3v) is 4.55. The molecule has 0 bridgehead atoms. The standard InChI is InChI=1S/C20H22N2O2/c1-13-7-9-16(10-8-13)21-19(23)17-11-12-22(20(17)24)18-14(2)5-4-6-15(18)3/h4-10,17H,11-12H2,1-3H3,(H,21,23). The zero-order valence-corrected chi connectivity index (χ0v) is 14.3. The van der Waals surface area contributed by atoms with E-state index < -0.39 is 5.92 Å². The van der Waals surface area contributed by atoms with Gasteiger partial charge in [0.1, 0.15) is 5.92 Å². The van der Waals surface area contributed by atoms with E-state index in [1.54, 1.807) is 4.90 Å². The van der Waals surface area contributed by atoms with Gasteiger partial charge in [-0.15, -0.1) is 0 Å². The summed E-state index contributed by atoms with van der Waals surface area (Å²) in [6.07, 6.45) is 0.546. The second-order valence-corrected chi connectivity index (χ2v) is 6.43. The number of amides is 2. The lowest BCUT2D eigenvalue weighted by atomic mass is 10.1. The number of nitrogens with zero attached hydrogens (tertiary/aromatic N) is 1. The molecule has 124 valence electrons. The van der Waals surface area contributed by atoms with Gasteiger partial charge in [0.15, 0.2) is 0 Å². The van der Waals surface area contributed by atoms with Crippen LogP contribution in [0, 0.1) is 26.7 Å². The van der Waals surface area contributed by atoms with Crippen LogP contribution in [0.5, 0.6) is 0 Å². The number of para-hydroxylation sites is 1. The van der Waals surface area contributed by atoms with Crippen LogP contribution in [-0.4, -0.2) is 18.4 Å². The maximum atomic E-state index is 12.8. The van der Waals surface area contributed by atoms with E-state index in [9.17, 15) is 9.59 Å². The summed E-state index contributed by atoms with van der Waals surface area (Å²) in [5, 5.41) is 2.86. The van der Waals surface area contributed by atoms with E-state index in [-0.39, 0.29) is 11.8 Å². The Kier molecular flexibility index (Phi) is 4.38. The van der Waals surface area contributed by atoms with Crippen molar-refractivity contribution in [1.29, 1.82) is 0 Å². The molecule has 2 aromatic carbocycles. The second kappa shape index (κ2) is 6.48. The van der Waals surface area contributed by atoms with Gasteiger partial charge in [-0.25, -0.2) is 0 Å². The average Bonchev–Trinajstić information content (AvgIpc) is 2.91. The second-order valence-electron chi connectivity index (χ2n) is 6.43. The highest BCUT2D eigenvalue weighted by Gasteiger charge is 2.38. The molecule has 1 heterocycles. The Morgan fingerprint density at radius 3 is 2.29 bits per heavy atom. The van der Waals surface area contributed by atoms with Gasteiger partial charge >= 0.3 is 0 Å². The molecule has 1 atom stereocenters. The van der Waals surface area contributed by atoms with Crippen molar-refractivity contribution in [3.63, 3.8) is 0 Å². The quantitative estimate of drug-likeness (QED) is 0.878. The molecule has 0 radical (unpaired) electrons. The number of hydrogen-bond donors (Lipinski definition) is 1. The van der Waals surface area contributed by atoms with E-state index in [0.717, 1.165) is 28.1 Å². The molecule has 1 saturated heterocycles. The summed E-state index contributed by atoms with van der Waals surface area (Å²) in [4.78, 5) is 27.0. The topological polar surface area (TPSA) is 49.4 Å². The average molecular weight is 322 g/mol. The molecule has 0 aliphatic carbocycles. The largest absolute Gasteiger partial charge is 0.325 e. The predicted octanol–water partition coefficient (Wildman–Crippen LogP) is 3.60. The third-order valence-electron chi connectivity index (χ3n) is 4.55. The van der Waals surface area contributed by atoms with E-state index >= 15 is 0 Å². The van der Waals surface area contributed by atoms with Crippen molar-refractivity contribution < 1.29 is 9.59 Å². The first-order chi connectivity index (χ1) is 11.5. The zero-order valence-electron chi connectivity index (χ0n) is 14.3. The number of carbonyl (C=O) groups is 2. The van der Waals surface area contributed by atoms with Gasteiger partial charge in [-0.2, -0.15) is 0 Å². The number of benzene rings is 2. The molecule has 3 rings (SSSR count). The van der Waals surface area contributed by atoms with Crippen LogP contribution in [0.15, 0.2) is 42.5 Å². The highest BCUT2D eigenvalue weighted by Crippen LogP contribution is 2.31. The summed E-state index contributed by atoms with van der Waals surface area (Å²) in [7, 11) is 0. The van der Waals surface area contributed by atoms with Crippen molar-refractivity contribution in [2.75, 3.05) is 16.8 Å². The van der Waals surface area contributed by atoms with E-state index in [0.29, 0.717) is 13.0 Å². The summed E-state index contributed by atoms with van der Waals surface area (Å²) in [5.74, 6) is -0.958. The number of rotatable bonds is 3. The SMILES string of the molecule is Cc1ccc(NC(=O)C2CCN(c3c(C)cccc3C)C2=O)cc1. The highest BCUT2D eigenvalue weighted by molar-refractivity contribution is 6.13. The van der Waals surface area contributed by atoms with E-state index in [1.807, 2.05) is 63.2 Å². The molecule has 4 nitrogen and oxygen atoms in total. The van der Waals surface area contributed by atoms with Crippen LogP contribution in [0.25, 0.3) is 0 Å². The maximum absolute atomic E-state index is 12.8. The van der Waals surface area contributed by atoms with Crippen LogP contribution in [-0.2, 0) is 9.59 Å². The summed E-state index contributed by atoms with van der Waals surface area (Å²) in [6, 6.07) is 13.6. The van der Waals surface area contributed by atoms with Crippen LogP contribution < -0.4 is 10.2 Å². The number of hydrogen-bond acceptors (Lipinski definition) is 2. The van der Waals surface area contributed by atoms with Crippen LogP contribution in [0.3, 0.4) is 0 Å². The van der Waals surface area contributed by atoms with E-state index in [4.69, 9.17) is 0 Å². The van der Waals surface area contributed by atoms with Gasteiger partial charge in [-0.05, 0) is 50.5 Å². The predicted molar refractivity (Wildman–Crippen MR) is 96.2 cm³/mol. The third kappa shape index (κ3) is 3.04. The van der Waals surface area contributed by atoms with Gasteiger partial charge in [0.2, 0.25) is 11.8 Å². The molecule has 1 aliphatic rings. The van der Waals surface area contributed by atoms with Crippen LogP contribution in [0.4, 0.5) is 11.4 Å². The molecule has 1 unspecified atom stereocenters. The Balaban J connectivity index is 1.76. The van der Waals surface area contributed by atoms with Gasteiger partial charge in [0, 0.05) is 17.9 Å². The monoisotopic (exact) mass is 322 g/mol. The molecule has 2 amide bonds. The lowest BCUT2D eigenvalue weighted by Gasteiger charge is -2.21. The van der Waals surface area contributed by atoms with Crippen LogP contribution in [0.2, 0.25) is 0 Å². The lowest BCUT2D eigenvalue weighted by molar-refractivity contribution is -0.129. The smallest absolute Gasteiger partial charge is 0.239 e. The maximum Gasteiger partial charge on any atom is 0.239 e. The molecule has 0 spiro atoms. The molecule has 0 aromatic heterocycles. The Morgan fingerprint density at radius 2 is 1.67 bits per heavy atom.